The van der Waals surface area contributed by atoms with Crippen molar-refractivity contribution in [3.05, 3.63) is 12.3 Å². The summed E-state index contributed by atoms with van der Waals surface area (Å²) in [6, 6.07) is 0.159. The van der Waals surface area contributed by atoms with E-state index in [2.05, 4.69) is 6.92 Å². The maximum Gasteiger partial charge on any atom is 0.0240 e. The molecule has 2 heteroatoms. The lowest BCUT2D eigenvalue weighted by atomic mass is 10.0. The van der Waals surface area contributed by atoms with Crippen LogP contribution in [0.4, 0.5) is 0 Å². The first-order valence-electron chi connectivity index (χ1n) is 10.4. The van der Waals surface area contributed by atoms with Gasteiger partial charge in [-0.1, -0.05) is 116 Å². The van der Waals surface area contributed by atoms with Gasteiger partial charge in [-0.3, -0.25) is 0 Å². The van der Waals surface area contributed by atoms with Gasteiger partial charge in [0.2, 0.25) is 0 Å². The summed E-state index contributed by atoms with van der Waals surface area (Å²) in [5, 5.41) is 0. The van der Waals surface area contributed by atoms with Crippen LogP contribution in [0.15, 0.2) is 12.3 Å². The number of unbranched alkanes of at least 4 members (excludes halogenated alkanes) is 15. The average molecular weight is 325 g/mol. The number of nitrogens with two attached hydrogens (primary N) is 2. The van der Waals surface area contributed by atoms with Crippen molar-refractivity contribution in [3.8, 4) is 0 Å². The van der Waals surface area contributed by atoms with Crippen LogP contribution in [0, 0.1) is 0 Å². The van der Waals surface area contributed by atoms with E-state index in [1.54, 1.807) is 6.20 Å². The molecule has 0 heterocycles. The van der Waals surface area contributed by atoms with Gasteiger partial charge in [0.25, 0.3) is 0 Å². The predicted molar refractivity (Wildman–Crippen MR) is 105 cm³/mol. The number of rotatable bonds is 18. The van der Waals surface area contributed by atoms with Crippen LogP contribution in [-0.2, 0) is 0 Å². The predicted octanol–water partition coefficient (Wildman–Crippen LogP) is 6.44. The van der Waals surface area contributed by atoms with E-state index in [1.807, 2.05) is 6.08 Å². The fourth-order valence-electron chi connectivity index (χ4n) is 3.17. The summed E-state index contributed by atoms with van der Waals surface area (Å²) in [7, 11) is 0. The van der Waals surface area contributed by atoms with Gasteiger partial charge in [0.05, 0.1) is 0 Å². The molecule has 0 amide bonds. The third kappa shape index (κ3) is 19.5. The Bertz CT molecular complexity index is 238. The maximum atomic E-state index is 5.88. The Balaban J connectivity index is 3.02. The summed E-state index contributed by atoms with van der Waals surface area (Å²) in [5.41, 5.74) is 11.2. The van der Waals surface area contributed by atoms with Gasteiger partial charge in [-0.05, 0) is 12.6 Å². The minimum absolute atomic E-state index is 0.159. The van der Waals surface area contributed by atoms with Crippen molar-refractivity contribution < 1.29 is 0 Å². The molecule has 23 heavy (non-hydrogen) atoms. The van der Waals surface area contributed by atoms with E-state index in [-0.39, 0.29) is 6.04 Å². The summed E-state index contributed by atoms with van der Waals surface area (Å²) in [5.74, 6) is 0. The van der Waals surface area contributed by atoms with E-state index < -0.39 is 0 Å². The minimum atomic E-state index is 0.159. The third-order valence-electron chi connectivity index (χ3n) is 4.75. The van der Waals surface area contributed by atoms with Crippen LogP contribution in [0.3, 0.4) is 0 Å². The van der Waals surface area contributed by atoms with Crippen LogP contribution in [0.25, 0.3) is 0 Å². The zero-order valence-corrected chi connectivity index (χ0v) is 15.9. The van der Waals surface area contributed by atoms with Crippen LogP contribution in [0.1, 0.15) is 116 Å². The topological polar surface area (TPSA) is 52.0 Å². The average Bonchev–Trinajstić information content (AvgIpc) is 2.54. The van der Waals surface area contributed by atoms with E-state index in [1.165, 1.54) is 103 Å². The molecule has 2 nitrogen and oxygen atoms in total. The van der Waals surface area contributed by atoms with Gasteiger partial charge in [-0.15, -0.1) is 0 Å². The summed E-state index contributed by atoms with van der Waals surface area (Å²) in [6.07, 6.45) is 27.2. The fraction of sp³-hybridized carbons (Fsp3) is 0.905. The van der Waals surface area contributed by atoms with Crippen molar-refractivity contribution in [2.45, 2.75) is 122 Å². The highest BCUT2D eigenvalue weighted by molar-refractivity contribution is 4.87. The van der Waals surface area contributed by atoms with Gasteiger partial charge in [0.15, 0.2) is 0 Å². The van der Waals surface area contributed by atoms with Crippen LogP contribution < -0.4 is 11.5 Å². The Kier molecular flexibility index (Phi) is 19.1. The van der Waals surface area contributed by atoms with E-state index in [0.717, 1.165) is 6.42 Å². The molecule has 1 unspecified atom stereocenters. The first-order chi connectivity index (χ1) is 11.3. The standard InChI is InChI=1S/C21H44N2/c1-2-3-4-5-6-7-8-9-10-11-12-13-14-15-16-17-18-21(23)19-20-22/h19-21H,2-18,22-23H2,1H3. The smallest absolute Gasteiger partial charge is 0.0240 e. The fourth-order valence-corrected chi connectivity index (χ4v) is 3.17. The molecule has 0 aliphatic heterocycles. The lowest BCUT2D eigenvalue weighted by Gasteiger charge is -2.06. The quantitative estimate of drug-likeness (QED) is 0.285. The van der Waals surface area contributed by atoms with Crippen molar-refractivity contribution in [2.24, 2.45) is 11.5 Å². The second kappa shape index (κ2) is 19.5. The van der Waals surface area contributed by atoms with E-state index in [0.29, 0.717) is 0 Å². The van der Waals surface area contributed by atoms with Crippen LogP contribution in [0.5, 0.6) is 0 Å². The largest absolute Gasteiger partial charge is 0.405 e. The Morgan fingerprint density at radius 3 is 1.30 bits per heavy atom. The molecule has 0 fully saturated rings. The highest BCUT2D eigenvalue weighted by atomic mass is 14.6. The van der Waals surface area contributed by atoms with Crippen molar-refractivity contribution >= 4 is 0 Å². The van der Waals surface area contributed by atoms with E-state index >= 15 is 0 Å². The molecule has 0 bridgehead atoms. The molecular weight excluding hydrogens is 280 g/mol. The molecular formula is C21H44N2. The highest BCUT2D eigenvalue weighted by Gasteiger charge is 1.97. The lowest BCUT2D eigenvalue weighted by Crippen LogP contribution is -2.16. The molecule has 0 aromatic rings. The Morgan fingerprint density at radius 1 is 0.609 bits per heavy atom. The molecule has 0 aromatic heterocycles. The monoisotopic (exact) mass is 324 g/mol. The van der Waals surface area contributed by atoms with Gasteiger partial charge in [0, 0.05) is 6.04 Å². The van der Waals surface area contributed by atoms with Crippen LogP contribution >= 0.6 is 0 Å². The van der Waals surface area contributed by atoms with Crippen LogP contribution in [0.2, 0.25) is 0 Å². The second-order valence-corrected chi connectivity index (χ2v) is 7.14. The summed E-state index contributed by atoms with van der Waals surface area (Å²) < 4.78 is 0. The third-order valence-corrected chi connectivity index (χ3v) is 4.75. The molecule has 0 radical (unpaired) electrons. The minimum Gasteiger partial charge on any atom is -0.405 e. The van der Waals surface area contributed by atoms with E-state index in [4.69, 9.17) is 11.5 Å². The zero-order valence-electron chi connectivity index (χ0n) is 15.9. The molecule has 138 valence electrons. The molecule has 0 rings (SSSR count). The number of hydrogen-bond donors (Lipinski definition) is 2. The Hall–Kier alpha value is -0.500. The van der Waals surface area contributed by atoms with Gasteiger partial charge < -0.3 is 11.5 Å². The SMILES string of the molecule is CCCCCCCCCCCCCCCCCCC(N)C=CN. The summed E-state index contributed by atoms with van der Waals surface area (Å²) >= 11 is 0. The molecule has 0 spiro atoms. The van der Waals surface area contributed by atoms with Gasteiger partial charge in [-0.25, -0.2) is 0 Å². The number of hydrogen-bond acceptors (Lipinski definition) is 2. The zero-order chi connectivity index (χ0) is 17.0. The van der Waals surface area contributed by atoms with Gasteiger partial charge in [0.1, 0.15) is 0 Å². The van der Waals surface area contributed by atoms with Crippen molar-refractivity contribution in [2.75, 3.05) is 0 Å². The Labute approximate surface area is 146 Å². The van der Waals surface area contributed by atoms with Gasteiger partial charge >= 0.3 is 0 Å². The Morgan fingerprint density at radius 2 is 0.957 bits per heavy atom. The maximum absolute atomic E-state index is 5.88. The second-order valence-electron chi connectivity index (χ2n) is 7.14. The molecule has 0 aliphatic rings. The van der Waals surface area contributed by atoms with Crippen molar-refractivity contribution in [1.82, 2.24) is 0 Å². The molecule has 0 saturated heterocycles. The molecule has 0 aliphatic carbocycles. The summed E-state index contributed by atoms with van der Waals surface area (Å²) in [4.78, 5) is 0. The van der Waals surface area contributed by atoms with Crippen molar-refractivity contribution in [3.63, 3.8) is 0 Å². The van der Waals surface area contributed by atoms with Crippen molar-refractivity contribution in [1.29, 1.82) is 0 Å². The van der Waals surface area contributed by atoms with Crippen LogP contribution in [-0.4, -0.2) is 6.04 Å². The molecule has 1 atom stereocenters. The molecule has 0 aromatic carbocycles. The van der Waals surface area contributed by atoms with Gasteiger partial charge in [-0.2, -0.15) is 0 Å². The first-order valence-corrected chi connectivity index (χ1v) is 10.4. The summed E-state index contributed by atoms with van der Waals surface area (Å²) in [6.45, 7) is 2.29. The lowest BCUT2D eigenvalue weighted by molar-refractivity contribution is 0.524. The molecule has 0 saturated carbocycles. The first kappa shape index (κ1) is 22.5. The highest BCUT2D eigenvalue weighted by Crippen LogP contribution is 2.14. The molecule has 4 N–H and O–H groups in total. The normalized spacial score (nSPS) is 13.0. The van der Waals surface area contributed by atoms with E-state index in [9.17, 15) is 0 Å².